The molecule has 0 radical (unpaired) electrons. The van der Waals surface area contributed by atoms with Crippen LogP contribution in [0.25, 0.3) is 5.69 Å². The van der Waals surface area contributed by atoms with E-state index in [1.54, 1.807) is 17.9 Å². The Kier molecular flexibility index (Phi) is 4.31. The summed E-state index contributed by atoms with van der Waals surface area (Å²) >= 11 is 0. The maximum absolute atomic E-state index is 12.3. The number of hydrogen-bond acceptors (Lipinski definition) is 5. The van der Waals surface area contributed by atoms with Crippen LogP contribution < -0.4 is 10.1 Å². The van der Waals surface area contributed by atoms with Crippen LogP contribution >= 0.6 is 0 Å². The minimum atomic E-state index is -3.03. The van der Waals surface area contributed by atoms with Gasteiger partial charge in [-0.05, 0) is 31.5 Å². The van der Waals surface area contributed by atoms with E-state index in [4.69, 9.17) is 4.74 Å². The topological polar surface area (TPSA) is 90.3 Å². The number of carbonyl (C=O) groups is 1. The van der Waals surface area contributed by atoms with E-state index < -0.39 is 9.84 Å². The third-order valence-electron chi connectivity index (χ3n) is 3.99. The van der Waals surface area contributed by atoms with Crippen molar-refractivity contribution in [1.82, 2.24) is 15.1 Å². The van der Waals surface area contributed by atoms with E-state index in [0.717, 1.165) is 11.4 Å². The Balaban J connectivity index is 1.79. The first kappa shape index (κ1) is 16.5. The van der Waals surface area contributed by atoms with Crippen LogP contribution in [0.5, 0.6) is 5.75 Å². The number of ether oxygens (including phenoxy) is 1. The first-order valence-electron chi connectivity index (χ1n) is 7.60. The molecule has 128 valence electrons. The maximum Gasteiger partial charge on any atom is 0.272 e. The summed E-state index contributed by atoms with van der Waals surface area (Å²) in [5.74, 6) is 0.454. The lowest BCUT2D eigenvalue weighted by Crippen LogP contribution is -2.35. The number of hydrogen-bond donors (Lipinski definition) is 1. The minimum absolute atomic E-state index is 0.00564. The van der Waals surface area contributed by atoms with Gasteiger partial charge in [0, 0.05) is 17.8 Å². The predicted octanol–water partition coefficient (Wildman–Crippen LogP) is 1.11. The quantitative estimate of drug-likeness (QED) is 0.893. The molecule has 1 fully saturated rings. The number of methoxy groups -OCH3 is 1. The van der Waals surface area contributed by atoms with Crippen molar-refractivity contribution in [3.63, 3.8) is 0 Å². The minimum Gasteiger partial charge on any atom is -0.497 e. The molecule has 1 amide bonds. The number of benzene rings is 1. The number of aryl methyl sites for hydroxylation is 1. The average molecular weight is 349 g/mol. The van der Waals surface area contributed by atoms with E-state index in [9.17, 15) is 13.2 Å². The molecule has 24 heavy (non-hydrogen) atoms. The van der Waals surface area contributed by atoms with Gasteiger partial charge in [-0.1, -0.05) is 6.07 Å². The van der Waals surface area contributed by atoms with Gasteiger partial charge in [-0.15, -0.1) is 0 Å². The highest BCUT2D eigenvalue weighted by molar-refractivity contribution is 7.91. The molecule has 1 aliphatic rings. The fourth-order valence-electron chi connectivity index (χ4n) is 2.76. The van der Waals surface area contributed by atoms with Crippen molar-refractivity contribution in [2.75, 3.05) is 18.6 Å². The Morgan fingerprint density at radius 3 is 2.83 bits per heavy atom. The van der Waals surface area contributed by atoms with E-state index in [1.807, 2.05) is 31.2 Å². The van der Waals surface area contributed by atoms with Crippen LogP contribution in [0.15, 0.2) is 30.3 Å². The Bertz CT molecular complexity index is 873. The molecule has 0 saturated carbocycles. The van der Waals surface area contributed by atoms with Gasteiger partial charge in [-0.25, -0.2) is 13.1 Å². The normalized spacial score (nSPS) is 19.2. The van der Waals surface area contributed by atoms with Crippen molar-refractivity contribution in [1.29, 1.82) is 0 Å². The molecule has 3 rings (SSSR count). The zero-order valence-corrected chi connectivity index (χ0v) is 14.3. The molecule has 1 atom stereocenters. The van der Waals surface area contributed by atoms with Crippen molar-refractivity contribution in [3.05, 3.63) is 41.7 Å². The Morgan fingerprint density at radius 2 is 2.17 bits per heavy atom. The molecule has 0 aliphatic carbocycles. The highest BCUT2D eigenvalue weighted by Gasteiger charge is 2.29. The number of carbonyl (C=O) groups excluding carboxylic acids is 1. The van der Waals surface area contributed by atoms with Crippen LogP contribution in [0.4, 0.5) is 0 Å². The summed E-state index contributed by atoms with van der Waals surface area (Å²) in [5.41, 5.74) is 1.85. The number of amides is 1. The number of aromatic nitrogens is 2. The monoisotopic (exact) mass is 349 g/mol. The summed E-state index contributed by atoms with van der Waals surface area (Å²) < 4.78 is 29.8. The van der Waals surface area contributed by atoms with Crippen LogP contribution in [0, 0.1) is 6.92 Å². The summed E-state index contributed by atoms with van der Waals surface area (Å²) in [6, 6.07) is 8.70. The molecule has 1 N–H and O–H groups in total. The second kappa shape index (κ2) is 6.27. The fourth-order valence-corrected chi connectivity index (χ4v) is 4.43. The van der Waals surface area contributed by atoms with E-state index in [-0.39, 0.29) is 29.1 Å². The summed E-state index contributed by atoms with van der Waals surface area (Å²) in [5, 5.41) is 7.08. The van der Waals surface area contributed by atoms with Crippen molar-refractivity contribution >= 4 is 15.7 Å². The molecular weight excluding hydrogens is 330 g/mol. The van der Waals surface area contributed by atoms with E-state index in [1.165, 1.54) is 0 Å². The van der Waals surface area contributed by atoms with Gasteiger partial charge in [0.2, 0.25) is 0 Å². The molecule has 2 aromatic rings. The third kappa shape index (κ3) is 3.43. The molecule has 8 heteroatoms. The summed E-state index contributed by atoms with van der Waals surface area (Å²) in [6.07, 6.45) is 0.448. The van der Waals surface area contributed by atoms with Gasteiger partial charge in [-0.3, -0.25) is 4.79 Å². The van der Waals surface area contributed by atoms with Crippen LogP contribution in [-0.2, 0) is 9.84 Å². The van der Waals surface area contributed by atoms with Gasteiger partial charge in [0.25, 0.3) is 5.91 Å². The second-order valence-electron chi connectivity index (χ2n) is 5.86. The number of rotatable bonds is 4. The SMILES string of the molecule is COc1cccc(-n2nc(C(=O)NC3CCS(=O)(=O)C3)cc2C)c1. The number of nitrogens with zero attached hydrogens (tertiary/aromatic N) is 2. The lowest BCUT2D eigenvalue weighted by atomic mass is 10.2. The van der Waals surface area contributed by atoms with Crippen molar-refractivity contribution in [2.45, 2.75) is 19.4 Å². The van der Waals surface area contributed by atoms with E-state index in [0.29, 0.717) is 12.2 Å². The Labute approximate surface area is 140 Å². The average Bonchev–Trinajstić information content (AvgIpc) is 3.10. The van der Waals surface area contributed by atoms with E-state index >= 15 is 0 Å². The number of nitrogens with one attached hydrogen (secondary N) is 1. The molecule has 0 bridgehead atoms. The summed E-state index contributed by atoms with van der Waals surface area (Å²) in [7, 11) is -1.44. The van der Waals surface area contributed by atoms with Crippen molar-refractivity contribution in [3.8, 4) is 11.4 Å². The lowest BCUT2D eigenvalue weighted by molar-refractivity contribution is 0.0935. The predicted molar refractivity (Wildman–Crippen MR) is 89.4 cm³/mol. The van der Waals surface area contributed by atoms with Gasteiger partial charge in [0.05, 0.1) is 24.3 Å². The Hall–Kier alpha value is -2.35. The standard InChI is InChI=1S/C16H19N3O4S/c1-11-8-15(16(20)17-12-6-7-24(21,22)10-12)18-19(11)13-4-3-5-14(9-13)23-2/h3-5,8-9,12H,6-7,10H2,1-2H3,(H,17,20). The van der Waals surface area contributed by atoms with Gasteiger partial charge in [0.15, 0.2) is 15.5 Å². The van der Waals surface area contributed by atoms with Crippen LogP contribution in [0.1, 0.15) is 22.6 Å². The Morgan fingerprint density at radius 1 is 1.38 bits per heavy atom. The summed E-state index contributed by atoms with van der Waals surface area (Å²) in [6.45, 7) is 1.85. The van der Waals surface area contributed by atoms with Crippen molar-refractivity contribution < 1.29 is 17.9 Å². The second-order valence-corrected chi connectivity index (χ2v) is 8.09. The molecule has 2 heterocycles. The smallest absolute Gasteiger partial charge is 0.272 e. The van der Waals surface area contributed by atoms with Crippen molar-refractivity contribution in [2.24, 2.45) is 0 Å². The molecule has 1 aromatic carbocycles. The maximum atomic E-state index is 12.3. The molecule has 1 unspecified atom stereocenters. The number of sulfone groups is 1. The lowest BCUT2D eigenvalue weighted by Gasteiger charge is -2.09. The van der Waals surface area contributed by atoms with Gasteiger partial charge < -0.3 is 10.1 Å². The van der Waals surface area contributed by atoms with Gasteiger partial charge in [-0.2, -0.15) is 5.10 Å². The highest BCUT2D eigenvalue weighted by atomic mass is 32.2. The van der Waals surface area contributed by atoms with Crippen LogP contribution in [0.2, 0.25) is 0 Å². The fraction of sp³-hybridized carbons (Fsp3) is 0.375. The molecule has 1 aliphatic heterocycles. The van der Waals surface area contributed by atoms with Crippen LogP contribution in [0.3, 0.4) is 0 Å². The zero-order chi connectivity index (χ0) is 17.3. The third-order valence-corrected chi connectivity index (χ3v) is 5.75. The van der Waals surface area contributed by atoms with Gasteiger partial charge >= 0.3 is 0 Å². The highest BCUT2D eigenvalue weighted by Crippen LogP contribution is 2.18. The molecular formula is C16H19N3O4S. The van der Waals surface area contributed by atoms with Crippen LogP contribution in [-0.4, -0.2) is 48.8 Å². The molecule has 0 spiro atoms. The summed E-state index contributed by atoms with van der Waals surface area (Å²) in [4.78, 5) is 12.3. The first-order valence-corrected chi connectivity index (χ1v) is 9.42. The molecule has 1 aromatic heterocycles. The van der Waals surface area contributed by atoms with E-state index in [2.05, 4.69) is 10.4 Å². The zero-order valence-electron chi connectivity index (χ0n) is 13.5. The first-order chi connectivity index (χ1) is 11.4. The largest absolute Gasteiger partial charge is 0.497 e. The van der Waals surface area contributed by atoms with Gasteiger partial charge in [0.1, 0.15) is 5.75 Å². The molecule has 1 saturated heterocycles. The molecule has 7 nitrogen and oxygen atoms in total.